The van der Waals surface area contributed by atoms with Crippen molar-refractivity contribution >= 4 is 29.4 Å². The van der Waals surface area contributed by atoms with Crippen molar-refractivity contribution in [2.45, 2.75) is 19.9 Å². The lowest BCUT2D eigenvalue weighted by Gasteiger charge is -2.24. The normalized spacial score (nSPS) is 15.5. The molecule has 2 heterocycles. The molecule has 1 N–H and O–H groups in total. The molecule has 0 saturated heterocycles. The predicted octanol–water partition coefficient (Wildman–Crippen LogP) is 2.26. The van der Waals surface area contributed by atoms with Gasteiger partial charge in [-0.2, -0.15) is 0 Å². The molecule has 0 unspecified atom stereocenters. The summed E-state index contributed by atoms with van der Waals surface area (Å²) < 4.78 is 12.5. The molecule has 4 rings (SSSR count). The zero-order valence-electron chi connectivity index (χ0n) is 18.6. The number of carbonyl (C=O) groups is 2. The number of benzene rings is 2. The third kappa shape index (κ3) is 4.69. The molecule has 34 heavy (non-hydrogen) atoms. The third-order valence-corrected chi connectivity index (χ3v) is 6.13. The summed E-state index contributed by atoms with van der Waals surface area (Å²) in [6.45, 7) is 3.22. The number of allylic oxidation sites excluding steroid dienone is 1. The maximum atomic E-state index is 13.5. The van der Waals surface area contributed by atoms with Crippen LogP contribution in [0.25, 0.3) is 6.08 Å². The summed E-state index contributed by atoms with van der Waals surface area (Å²) in [6.07, 6.45) is 1.70. The number of nitrogens with zero attached hydrogens (tertiary/aromatic N) is 2. The van der Waals surface area contributed by atoms with Gasteiger partial charge in [-0.25, -0.2) is 14.6 Å². The molecule has 0 saturated carbocycles. The monoisotopic (exact) mass is 478 g/mol. The average Bonchev–Trinajstić information content (AvgIpc) is 3.12. The van der Waals surface area contributed by atoms with Gasteiger partial charge in [-0.3, -0.25) is 9.36 Å². The van der Waals surface area contributed by atoms with Crippen LogP contribution in [0, 0.1) is 0 Å². The molecule has 1 aliphatic heterocycles. The molecule has 2 aromatic carbocycles. The van der Waals surface area contributed by atoms with E-state index < -0.39 is 24.6 Å². The van der Waals surface area contributed by atoms with Gasteiger partial charge in [0.1, 0.15) is 5.75 Å². The van der Waals surface area contributed by atoms with Crippen molar-refractivity contribution in [3.05, 3.63) is 96.7 Å². The number of ether oxygens (including phenoxy) is 2. The van der Waals surface area contributed by atoms with E-state index in [1.807, 2.05) is 30.3 Å². The van der Waals surface area contributed by atoms with Crippen LogP contribution in [0.3, 0.4) is 0 Å². The first-order valence-corrected chi connectivity index (χ1v) is 11.4. The van der Waals surface area contributed by atoms with E-state index in [1.54, 1.807) is 44.2 Å². The molecule has 1 aromatic heterocycles. The number of rotatable bonds is 7. The fourth-order valence-electron chi connectivity index (χ4n) is 3.73. The van der Waals surface area contributed by atoms with E-state index in [-0.39, 0.29) is 12.2 Å². The number of carbonyl (C=O) groups excluding carboxylic acids is 1. The predicted molar refractivity (Wildman–Crippen MR) is 126 cm³/mol. The van der Waals surface area contributed by atoms with Gasteiger partial charge in [-0.15, -0.1) is 0 Å². The Morgan fingerprint density at radius 1 is 1.18 bits per heavy atom. The first kappa shape index (κ1) is 23.2. The molecule has 9 heteroatoms. The number of hydrogen-bond donors (Lipinski definition) is 1. The Morgan fingerprint density at radius 2 is 1.94 bits per heavy atom. The highest BCUT2D eigenvalue weighted by atomic mass is 32.1. The second-order valence-electron chi connectivity index (χ2n) is 7.47. The average molecular weight is 479 g/mol. The number of carboxylic acid groups (broad SMARTS) is 1. The number of fused-ring (bicyclic) bond motifs is 1. The van der Waals surface area contributed by atoms with Crippen molar-refractivity contribution in [1.82, 2.24) is 4.57 Å². The van der Waals surface area contributed by atoms with Crippen LogP contribution in [0.1, 0.15) is 31.0 Å². The fourth-order valence-corrected chi connectivity index (χ4v) is 4.78. The molecular formula is C25H22N2O6S. The van der Waals surface area contributed by atoms with Gasteiger partial charge in [0.15, 0.2) is 11.4 Å². The first-order valence-electron chi connectivity index (χ1n) is 10.6. The lowest BCUT2D eigenvalue weighted by atomic mass is 9.96. The highest BCUT2D eigenvalue weighted by molar-refractivity contribution is 7.07. The minimum absolute atomic E-state index is 0.210. The van der Waals surface area contributed by atoms with Gasteiger partial charge in [-0.1, -0.05) is 53.8 Å². The van der Waals surface area contributed by atoms with Crippen LogP contribution in [0.5, 0.6) is 5.75 Å². The molecule has 0 fully saturated rings. The number of hydrogen-bond acceptors (Lipinski definition) is 7. The Kier molecular flexibility index (Phi) is 6.74. The summed E-state index contributed by atoms with van der Waals surface area (Å²) in [5.41, 5.74) is 1.99. The topological polar surface area (TPSA) is 107 Å². The third-order valence-electron chi connectivity index (χ3n) is 5.15. The van der Waals surface area contributed by atoms with Crippen LogP contribution in [-0.4, -0.2) is 34.8 Å². The maximum Gasteiger partial charge on any atom is 0.341 e. The molecule has 174 valence electrons. The number of thiazole rings is 1. The maximum absolute atomic E-state index is 13.5. The summed E-state index contributed by atoms with van der Waals surface area (Å²) >= 11 is 1.22. The van der Waals surface area contributed by atoms with E-state index >= 15 is 0 Å². The lowest BCUT2D eigenvalue weighted by molar-refractivity contribution is -0.140. The SMILES string of the molecule is CCOC(=O)C1=C(C)N=c2s/c(=C/c3cccc(OCC(=O)O)c3)c(=O)n2[C@@H]1c1ccccc1. The molecule has 0 aliphatic carbocycles. The van der Waals surface area contributed by atoms with E-state index in [0.717, 1.165) is 5.56 Å². The fraction of sp³-hybridized carbons (Fsp3) is 0.200. The molecule has 0 amide bonds. The van der Waals surface area contributed by atoms with Crippen LogP contribution >= 0.6 is 11.3 Å². The summed E-state index contributed by atoms with van der Waals surface area (Å²) in [5, 5.41) is 8.82. The number of carboxylic acids is 1. The Morgan fingerprint density at radius 3 is 2.65 bits per heavy atom. The number of aliphatic carboxylic acids is 1. The van der Waals surface area contributed by atoms with Gasteiger partial charge < -0.3 is 14.6 Å². The van der Waals surface area contributed by atoms with Crippen LogP contribution < -0.4 is 19.6 Å². The van der Waals surface area contributed by atoms with Crippen LogP contribution in [0.2, 0.25) is 0 Å². The Bertz CT molecular complexity index is 1450. The van der Waals surface area contributed by atoms with Crippen molar-refractivity contribution in [3.63, 3.8) is 0 Å². The molecule has 0 radical (unpaired) electrons. The van der Waals surface area contributed by atoms with E-state index in [0.29, 0.717) is 31.9 Å². The van der Waals surface area contributed by atoms with Gasteiger partial charge in [-0.05, 0) is 43.2 Å². The van der Waals surface area contributed by atoms with Crippen molar-refractivity contribution < 1.29 is 24.2 Å². The molecule has 1 aliphatic rings. The van der Waals surface area contributed by atoms with Gasteiger partial charge in [0.25, 0.3) is 5.56 Å². The minimum Gasteiger partial charge on any atom is -0.482 e. The highest BCUT2D eigenvalue weighted by Crippen LogP contribution is 2.30. The summed E-state index contributed by atoms with van der Waals surface area (Å²) in [4.78, 5) is 42.2. The Balaban J connectivity index is 1.84. The zero-order chi connectivity index (χ0) is 24.2. The van der Waals surface area contributed by atoms with Crippen LogP contribution in [0.4, 0.5) is 0 Å². The van der Waals surface area contributed by atoms with Crippen LogP contribution in [0.15, 0.2) is 75.7 Å². The Hall–Kier alpha value is -3.98. The largest absolute Gasteiger partial charge is 0.482 e. The number of esters is 1. The van der Waals surface area contributed by atoms with Gasteiger partial charge in [0, 0.05) is 0 Å². The van der Waals surface area contributed by atoms with Crippen molar-refractivity contribution in [1.29, 1.82) is 0 Å². The molecule has 8 nitrogen and oxygen atoms in total. The summed E-state index contributed by atoms with van der Waals surface area (Å²) in [5.74, 6) is -1.20. The second kappa shape index (κ2) is 9.88. The van der Waals surface area contributed by atoms with Gasteiger partial charge in [0.05, 0.1) is 28.5 Å². The molecule has 0 spiro atoms. The molecule has 0 bridgehead atoms. The second-order valence-corrected chi connectivity index (χ2v) is 8.48. The van der Waals surface area contributed by atoms with Crippen molar-refractivity contribution in [3.8, 4) is 5.75 Å². The number of aromatic nitrogens is 1. The molecule has 1 atom stereocenters. The zero-order valence-corrected chi connectivity index (χ0v) is 19.4. The van der Waals surface area contributed by atoms with E-state index in [2.05, 4.69) is 4.99 Å². The quantitative estimate of drug-likeness (QED) is 0.522. The standard InChI is InChI=1S/C25H22N2O6S/c1-3-32-24(31)21-15(2)26-25-27(22(21)17-9-5-4-6-10-17)23(30)19(34-25)13-16-8-7-11-18(12-16)33-14-20(28)29/h4-13,22H,3,14H2,1-2H3,(H,28,29)/b19-13+/t22-/m1/s1. The lowest BCUT2D eigenvalue weighted by Crippen LogP contribution is -2.39. The van der Waals surface area contributed by atoms with Crippen LogP contribution in [-0.2, 0) is 14.3 Å². The minimum atomic E-state index is -1.08. The van der Waals surface area contributed by atoms with Crippen molar-refractivity contribution in [2.24, 2.45) is 4.99 Å². The summed E-state index contributed by atoms with van der Waals surface area (Å²) in [7, 11) is 0. The highest BCUT2D eigenvalue weighted by Gasteiger charge is 2.33. The first-order chi connectivity index (χ1) is 16.4. The molecule has 3 aromatic rings. The van der Waals surface area contributed by atoms with E-state index in [1.165, 1.54) is 15.9 Å². The molecular weight excluding hydrogens is 456 g/mol. The summed E-state index contributed by atoms with van der Waals surface area (Å²) in [6, 6.07) is 15.4. The van der Waals surface area contributed by atoms with E-state index in [9.17, 15) is 14.4 Å². The van der Waals surface area contributed by atoms with Gasteiger partial charge in [0.2, 0.25) is 0 Å². The van der Waals surface area contributed by atoms with E-state index in [4.69, 9.17) is 14.6 Å². The van der Waals surface area contributed by atoms with Crippen molar-refractivity contribution in [2.75, 3.05) is 13.2 Å². The van der Waals surface area contributed by atoms with Gasteiger partial charge >= 0.3 is 11.9 Å². The smallest absolute Gasteiger partial charge is 0.341 e. The Labute approximate surface area is 198 Å².